The summed E-state index contributed by atoms with van der Waals surface area (Å²) in [5.74, 6) is -1.87. The predicted molar refractivity (Wildman–Crippen MR) is 96.9 cm³/mol. The first-order chi connectivity index (χ1) is 12.0. The Labute approximate surface area is 159 Å². The molecule has 142 valence electrons. The molecule has 0 atom stereocenters. The van der Waals surface area contributed by atoms with Gasteiger partial charge >= 0.3 is 7.60 Å². The lowest BCUT2D eigenvalue weighted by Crippen LogP contribution is -2.26. The summed E-state index contributed by atoms with van der Waals surface area (Å²) in [6, 6.07) is 4.90. The van der Waals surface area contributed by atoms with Crippen molar-refractivity contribution in [2.24, 2.45) is 0 Å². The Morgan fingerprint density at radius 1 is 1.23 bits per heavy atom. The fourth-order valence-corrected chi connectivity index (χ4v) is 3.09. The van der Waals surface area contributed by atoms with Gasteiger partial charge in [-0.1, -0.05) is 29.3 Å². The third kappa shape index (κ3) is 4.93. The summed E-state index contributed by atoms with van der Waals surface area (Å²) in [5.41, 5.74) is 0.524. The SMILES string of the molecule is CN(Cc1ccc(Cl)c(Cl)c1)C(=O)c1cn(CCP(=O)(O)O)c(O)c1O. The van der Waals surface area contributed by atoms with Gasteiger partial charge < -0.3 is 29.5 Å². The van der Waals surface area contributed by atoms with Crippen LogP contribution in [0.2, 0.25) is 10.0 Å². The van der Waals surface area contributed by atoms with Crippen LogP contribution in [0, 0.1) is 0 Å². The molecule has 2 aromatic rings. The van der Waals surface area contributed by atoms with Crippen LogP contribution >= 0.6 is 30.8 Å². The van der Waals surface area contributed by atoms with Crippen LogP contribution in [-0.2, 0) is 17.7 Å². The smallest absolute Gasteiger partial charge is 0.327 e. The molecule has 0 saturated heterocycles. The van der Waals surface area contributed by atoms with Gasteiger partial charge in [0, 0.05) is 26.3 Å². The van der Waals surface area contributed by atoms with Gasteiger partial charge in [-0.25, -0.2) is 0 Å². The molecule has 0 aliphatic heterocycles. The fourth-order valence-electron chi connectivity index (χ4n) is 2.29. The van der Waals surface area contributed by atoms with Crippen molar-refractivity contribution in [3.8, 4) is 11.6 Å². The van der Waals surface area contributed by atoms with Crippen LogP contribution in [0.3, 0.4) is 0 Å². The second-order valence-corrected chi connectivity index (χ2v) is 8.30. The number of aryl methyl sites for hydroxylation is 1. The minimum atomic E-state index is -4.29. The molecule has 4 N–H and O–H groups in total. The van der Waals surface area contributed by atoms with Gasteiger partial charge in [0.05, 0.1) is 16.2 Å². The molecule has 1 heterocycles. The van der Waals surface area contributed by atoms with E-state index in [0.29, 0.717) is 15.6 Å². The molecular weight excluding hydrogens is 406 g/mol. The number of hydrogen-bond donors (Lipinski definition) is 4. The van der Waals surface area contributed by atoms with E-state index in [0.717, 1.165) is 10.8 Å². The molecule has 1 amide bonds. The molecule has 8 nitrogen and oxygen atoms in total. The van der Waals surface area contributed by atoms with E-state index in [4.69, 9.17) is 33.0 Å². The van der Waals surface area contributed by atoms with Gasteiger partial charge in [-0.3, -0.25) is 9.36 Å². The van der Waals surface area contributed by atoms with Crippen LogP contribution in [0.4, 0.5) is 0 Å². The van der Waals surface area contributed by atoms with Gasteiger partial charge in [-0.15, -0.1) is 0 Å². The Bertz CT molecular complexity index is 879. The molecule has 26 heavy (non-hydrogen) atoms. The lowest BCUT2D eigenvalue weighted by atomic mass is 10.2. The van der Waals surface area contributed by atoms with Gasteiger partial charge in [0.15, 0.2) is 5.75 Å². The van der Waals surface area contributed by atoms with Crippen LogP contribution in [0.1, 0.15) is 15.9 Å². The number of carbonyl (C=O) groups excluding carboxylic acids is 1. The average molecular weight is 423 g/mol. The molecule has 2 rings (SSSR count). The highest BCUT2D eigenvalue weighted by molar-refractivity contribution is 7.51. The Hall–Kier alpha value is -1.70. The monoisotopic (exact) mass is 422 g/mol. The zero-order chi connectivity index (χ0) is 19.6. The van der Waals surface area contributed by atoms with Crippen molar-refractivity contribution >= 4 is 36.7 Å². The van der Waals surface area contributed by atoms with Gasteiger partial charge in [0.25, 0.3) is 5.91 Å². The molecule has 0 bridgehead atoms. The minimum absolute atomic E-state index is 0.170. The number of amides is 1. The van der Waals surface area contributed by atoms with Crippen molar-refractivity contribution < 1.29 is 29.4 Å². The molecule has 0 aliphatic rings. The maximum Gasteiger partial charge on any atom is 0.327 e. The predicted octanol–water partition coefficient (Wildman–Crippen LogP) is 2.66. The topological polar surface area (TPSA) is 123 Å². The summed E-state index contributed by atoms with van der Waals surface area (Å²) in [4.78, 5) is 31.6. The summed E-state index contributed by atoms with van der Waals surface area (Å²) in [7, 11) is -2.79. The molecule has 11 heteroatoms. The average Bonchev–Trinajstić information content (AvgIpc) is 2.83. The molecule has 1 aromatic heterocycles. The van der Waals surface area contributed by atoms with E-state index in [1.807, 2.05) is 0 Å². The molecule has 1 aromatic carbocycles. The second-order valence-electron chi connectivity index (χ2n) is 5.71. The van der Waals surface area contributed by atoms with Crippen LogP contribution in [0.15, 0.2) is 24.4 Å². The number of nitrogens with zero attached hydrogens (tertiary/aromatic N) is 2. The van der Waals surface area contributed by atoms with Crippen molar-refractivity contribution in [1.29, 1.82) is 0 Å². The first kappa shape index (κ1) is 20.6. The number of carbonyl (C=O) groups is 1. The van der Waals surface area contributed by atoms with Gasteiger partial charge in [0.2, 0.25) is 5.88 Å². The summed E-state index contributed by atoms with van der Waals surface area (Å²) < 4.78 is 12.0. The number of halogens is 2. The van der Waals surface area contributed by atoms with Crippen LogP contribution < -0.4 is 0 Å². The van der Waals surface area contributed by atoms with Crippen LogP contribution in [0.5, 0.6) is 11.6 Å². The number of rotatable bonds is 6. The molecule has 0 unspecified atom stereocenters. The number of aromatic nitrogens is 1. The summed E-state index contributed by atoms with van der Waals surface area (Å²) in [6.07, 6.45) is 0.607. The van der Waals surface area contributed by atoms with Crippen LogP contribution in [-0.4, -0.2) is 48.6 Å². The maximum atomic E-state index is 12.5. The summed E-state index contributed by atoms with van der Waals surface area (Å²) in [5, 5.41) is 20.5. The third-order valence-electron chi connectivity index (χ3n) is 3.64. The highest BCUT2D eigenvalue weighted by Crippen LogP contribution is 2.37. The highest BCUT2D eigenvalue weighted by atomic mass is 35.5. The Morgan fingerprint density at radius 3 is 2.46 bits per heavy atom. The lowest BCUT2D eigenvalue weighted by Gasteiger charge is -2.17. The molecular formula is C15H17Cl2N2O6P. The Balaban J connectivity index is 2.17. The molecule has 0 saturated carbocycles. The Kier molecular flexibility index (Phi) is 6.26. The number of benzene rings is 1. The molecule has 0 aliphatic carbocycles. The standard InChI is InChI=1S/C15H17Cl2N2O6P/c1-18(7-9-2-3-11(16)12(17)6-9)14(21)10-8-19(15(22)13(10)20)4-5-26(23,24)25/h2-3,6,8,20,22H,4-5,7H2,1H3,(H2,23,24,25). The quantitative estimate of drug-likeness (QED) is 0.530. The van der Waals surface area contributed by atoms with E-state index < -0.39 is 31.3 Å². The van der Waals surface area contributed by atoms with Crippen LogP contribution in [0.25, 0.3) is 0 Å². The molecule has 0 fully saturated rings. The molecule has 0 spiro atoms. The normalized spacial score (nSPS) is 11.6. The summed E-state index contributed by atoms with van der Waals surface area (Å²) >= 11 is 11.8. The lowest BCUT2D eigenvalue weighted by molar-refractivity contribution is 0.0782. The van der Waals surface area contributed by atoms with Crippen molar-refractivity contribution in [3.05, 3.63) is 45.6 Å². The van der Waals surface area contributed by atoms with Gasteiger partial charge in [0.1, 0.15) is 5.56 Å². The van der Waals surface area contributed by atoms with E-state index in [2.05, 4.69) is 0 Å². The van der Waals surface area contributed by atoms with Gasteiger partial charge in [-0.2, -0.15) is 0 Å². The Morgan fingerprint density at radius 2 is 1.88 bits per heavy atom. The third-order valence-corrected chi connectivity index (χ3v) is 5.16. The van der Waals surface area contributed by atoms with Crippen molar-refractivity contribution in [3.63, 3.8) is 0 Å². The number of aromatic hydroxyl groups is 2. The van der Waals surface area contributed by atoms with E-state index in [-0.39, 0.29) is 18.7 Å². The summed E-state index contributed by atoms with van der Waals surface area (Å²) in [6.45, 7) is -0.0863. The number of hydrogen-bond acceptors (Lipinski definition) is 4. The molecule has 0 radical (unpaired) electrons. The first-order valence-electron chi connectivity index (χ1n) is 7.34. The highest BCUT2D eigenvalue weighted by Gasteiger charge is 2.24. The van der Waals surface area contributed by atoms with Crippen molar-refractivity contribution in [2.75, 3.05) is 13.2 Å². The van der Waals surface area contributed by atoms with E-state index in [1.165, 1.54) is 11.9 Å². The van der Waals surface area contributed by atoms with Gasteiger partial charge in [-0.05, 0) is 17.7 Å². The van der Waals surface area contributed by atoms with E-state index in [1.54, 1.807) is 18.2 Å². The van der Waals surface area contributed by atoms with E-state index >= 15 is 0 Å². The largest absolute Gasteiger partial charge is 0.503 e. The first-order valence-corrected chi connectivity index (χ1v) is 9.90. The van der Waals surface area contributed by atoms with Crippen molar-refractivity contribution in [1.82, 2.24) is 9.47 Å². The van der Waals surface area contributed by atoms with Crippen molar-refractivity contribution in [2.45, 2.75) is 13.1 Å². The second kappa shape index (κ2) is 7.90. The van der Waals surface area contributed by atoms with E-state index in [9.17, 15) is 19.6 Å². The zero-order valence-electron chi connectivity index (χ0n) is 13.6. The maximum absolute atomic E-state index is 12.5. The zero-order valence-corrected chi connectivity index (χ0v) is 16.0. The fraction of sp³-hybridized carbons (Fsp3) is 0.267. The minimum Gasteiger partial charge on any atom is -0.503 e.